The molecular formula is C32H70NO6Si+. The van der Waals surface area contributed by atoms with E-state index in [1.54, 1.807) is 20.8 Å². The van der Waals surface area contributed by atoms with Crippen LogP contribution in [0.2, 0.25) is 6.04 Å². The maximum Gasteiger partial charge on any atom is 0.501 e. The lowest BCUT2D eigenvalue weighted by Gasteiger charge is -2.34. The highest BCUT2D eigenvalue weighted by molar-refractivity contribution is 6.60. The predicted octanol–water partition coefficient (Wildman–Crippen LogP) is 6.85. The van der Waals surface area contributed by atoms with Crippen LogP contribution in [-0.4, -0.2) is 93.9 Å². The molecule has 3 N–H and O–H groups in total. The van der Waals surface area contributed by atoms with Crippen molar-refractivity contribution in [2.75, 3.05) is 47.0 Å². The van der Waals surface area contributed by atoms with E-state index in [0.717, 1.165) is 24.0 Å². The molecule has 242 valence electrons. The minimum Gasteiger partial charge on any atom is -0.391 e. The third kappa shape index (κ3) is 25.6. The second-order valence-corrected chi connectivity index (χ2v) is 15.7. The molecular weight excluding hydrogens is 522 g/mol. The molecule has 0 aliphatic heterocycles. The lowest BCUT2D eigenvalue weighted by molar-refractivity contribution is -0.890. The van der Waals surface area contributed by atoms with Crippen molar-refractivity contribution in [1.29, 1.82) is 0 Å². The molecule has 0 aliphatic rings. The van der Waals surface area contributed by atoms with Crippen molar-refractivity contribution in [2.24, 2.45) is 0 Å². The van der Waals surface area contributed by atoms with Gasteiger partial charge in [-0.15, -0.1) is 0 Å². The molecule has 0 aromatic heterocycles. The van der Waals surface area contributed by atoms with Crippen LogP contribution in [-0.2, 0) is 13.3 Å². The van der Waals surface area contributed by atoms with Crippen LogP contribution in [0.1, 0.15) is 137 Å². The Morgan fingerprint density at radius 2 is 0.800 bits per heavy atom. The second-order valence-electron chi connectivity index (χ2n) is 13.0. The van der Waals surface area contributed by atoms with Crippen LogP contribution in [0.5, 0.6) is 0 Å². The zero-order chi connectivity index (χ0) is 30.1. The predicted molar refractivity (Wildman–Crippen MR) is 169 cm³/mol. The minimum atomic E-state index is -3.15. The summed E-state index contributed by atoms with van der Waals surface area (Å²) in [5.74, 6) is 0. The van der Waals surface area contributed by atoms with Gasteiger partial charge in [0.05, 0.1) is 65.3 Å². The van der Waals surface area contributed by atoms with E-state index < -0.39 is 27.1 Å². The molecule has 0 amide bonds. The molecule has 0 fully saturated rings. The van der Waals surface area contributed by atoms with Gasteiger partial charge in [-0.1, -0.05) is 96.8 Å². The third-order valence-corrected chi connectivity index (χ3v) is 10.3. The summed E-state index contributed by atoms with van der Waals surface area (Å²) in [5, 5.41) is 29.3. The van der Waals surface area contributed by atoms with E-state index in [4.69, 9.17) is 13.3 Å². The zero-order valence-corrected chi connectivity index (χ0v) is 28.5. The molecule has 0 aromatic rings. The van der Waals surface area contributed by atoms with Gasteiger partial charge < -0.3 is 33.1 Å². The first-order valence-corrected chi connectivity index (χ1v) is 18.7. The minimum absolute atomic E-state index is 0.114. The van der Waals surface area contributed by atoms with Crippen LogP contribution in [0.4, 0.5) is 0 Å². The summed E-state index contributed by atoms with van der Waals surface area (Å²) in [6.07, 6.45) is 21.1. The van der Waals surface area contributed by atoms with E-state index >= 15 is 0 Å². The largest absolute Gasteiger partial charge is 0.501 e. The zero-order valence-electron chi connectivity index (χ0n) is 27.5. The number of quaternary nitrogens is 1. The van der Waals surface area contributed by atoms with Crippen LogP contribution in [0.15, 0.2) is 0 Å². The third-order valence-electron chi connectivity index (χ3n) is 7.50. The van der Waals surface area contributed by atoms with Crippen molar-refractivity contribution in [3.05, 3.63) is 0 Å². The van der Waals surface area contributed by atoms with Crippen molar-refractivity contribution in [1.82, 2.24) is 0 Å². The van der Waals surface area contributed by atoms with Crippen LogP contribution < -0.4 is 0 Å². The van der Waals surface area contributed by atoms with Crippen LogP contribution in [0.3, 0.4) is 0 Å². The van der Waals surface area contributed by atoms with E-state index in [2.05, 4.69) is 21.0 Å². The van der Waals surface area contributed by atoms with Gasteiger partial charge in [-0.25, -0.2) is 0 Å². The molecule has 0 bridgehead atoms. The maximum atomic E-state index is 9.78. The van der Waals surface area contributed by atoms with Gasteiger partial charge in [0.15, 0.2) is 0 Å². The van der Waals surface area contributed by atoms with E-state index in [9.17, 15) is 15.3 Å². The lowest BCUT2D eigenvalue weighted by Crippen LogP contribution is -2.50. The van der Waals surface area contributed by atoms with E-state index in [1.165, 1.54) is 103 Å². The molecule has 0 saturated carbocycles. The molecule has 40 heavy (non-hydrogen) atoms. The Labute approximate surface area is 249 Å². The highest BCUT2D eigenvalue weighted by atomic mass is 28.4. The summed E-state index contributed by atoms with van der Waals surface area (Å²) in [4.78, 5) is 0. The van der Waals surface area contributed by atoms with Gasteiger partial charge in [0, 0.05) is 12.5 Å². The summed E-state index contributed by atoms with van der Waals surface area (Å²) >= 11 is 0. The SMILES string of the molecule is CCCCCCCCCCCCCCCCCC[N+](C)(C)CCC[Si](OCC(C)O)(OCC(C)O)OCC(C)O. The quantitative estimate of drug-likeness (QED) is 0.0481. The summed E-state index contributed by atoms with van der Waals surface area (Å²) in [6.45, 7) is 9.75. The summed E-state index contributed by atoms with van der Waals surface area (Å²) in [5.41, 5.74) is 0. The molecule has 3 unspecified atom stereocenters. The summed E-state index contributed by atoms with van der Waals surface area (Å²) < 4.78 is 19.0. The maximum absolute atomic E-state index is 9.78. The van der Waals surface area contributed by atoms with Gasteiger partial charge in [0.2, 0.25) is 0 Å². The van der Waals surface area contributed by atoms with Crippen LogP contribution in [0.25, 0.3) is 0 Å². The number of hydrogen-bond acceptors (Lipinski definition) is 6. The Bertz CT molecular complexity index is 516. The van der Waals surface area contributed by atoms with Crippen molar-refractivity contribution < 1.29 is 33.1 Å². The molecule has 7 nitrogen and oxygen atoms in total. The monoisotopic (exact) mass is 592 g/mol. The molecule has 3 atom stereocenters. The van der Waals surface area contributed by atoms with Gasteiger partial charge in [-0.05, 0) is 33.6 Å². The molecule has 0 radical (unpaired) electrons. The first-order valence-electron chi connectivity index (χ1n) is 16.8. The Kier molecular flexibility index (Phi) is 25.4. The standard InChI is InChI=1S/C32H70NO6Si/c1-7-8-9-10-11-12-13-14-15-16-17-18-19-20-21-22-24-33(5,6)25-23-26-40(37-27-30(2)34,38-28-31(3)35)39-29-32(4)36/h30-32,34-36H,7-29H2,1-6H3/q+1. The Morgan fingerprint density at radius 3 is 1.12 bits per heavy atom. The van der Waals surface area contributed by atoms with Gasteiger partial charge in [0.25, 0.3) is 0 Å². The van der Waals surface area contributed by atoms with Crippen molar-refractivity contribution in [2.45, 2.75) is 161 Å². The first-order chi connectivity index (χ1) is 19.0. The summed E-state index contributed by atoms with van der Waals surface area (Å²) in [7, 11) is 1.40. The van der Waals surface area contributed by atoms with Gasteiger partial charge in [-0.3, -0.25) is 0 Å². The average molecular weight is 593 g/mol. The van der Waals surface area contributed by atoms with Crippen molar-refractivity contribution in [3.63, 3.8) is 0 Å². The van der Waals surface area contributed by atoms with Crippen molar-refractivity contribution >= 4 is 8.80 Å². The smallest absolute Gasteiger partial charge is 0.391 e. The Balaban J connectivity index is 4.14. The van der Waals surface area contributed by atoms with Crippen LogP contribution >= 0.6 is 0 Å². The highest BCUT2D eigenvalue weighted by Crippen LogP contribution is 2.21. The van der Waals surface area contributed by atoms with Gasteiger partial charge in [0.1, 0.15) is 0 Å². The second kappa shape index (κ2) is 25.4. The van der Waals surface area contributed by atoms with E-state index in [1.807, 2.05) is 0 Å². The van der Waals surface area contributed by atoms with E-state index in [-0.39, 0.29) is 19.8 Å². The van der Waals surface area contributed by atoms with Gasteiger partial charge >= 0.3 is 8.80 Å². The normalized spacial score (nSPS) is 16.1. The molecule has 0 spiro atoms. The Hall–Kier alpha value is -0.0631. The average Bonchev–Trinajstić information content (AvgIpc) is 2.88. The number of rotatable bonds is 30. The molecule has 0 aliphatic carbocycles. The molecule has 0 saturated heterocycles. The first kappa shape index (κ1) is 39.9. The number of nitrogens with zero attached hydrogens (tertiary/aromatic N) is 1. The van der Waals surface area contributed by atoms with E-state index in [0.29, 0.717) is 6.04 Å². The molecule has 8 heteroatoms. The highest BCUT2D eigenvalue weighted by Gasteiger charge is 2.42. The van der Waals surface area contributed by atoms with Crippen molar-refractivity contribution in [3.8, 4) is 0 Å². The Morgan fingerprint density at radius 1 is 0.500 bits per heavy atom. The fraction of sp³-hybridized carbons (Fsp3) is 1.00. The summed E-state index contributed by atoms with van der Waals surface area (Å²) in [6, 6.07) is 0.597. The molecule has 0 aromatic carbocycles. The van der Waals surface area contributed by atoms with Gasteiger partial charge in [-0.2, -0.15) is 0 Å². The molecule has 0 rings (SSSR count). The molecule has 0 heterocycles. The number of unbranched alkanes of at least 4 members (excludes halogenated alkanes) is 15. The number of aliphatic hydroxyl groups excluding tert-OH is 3. The fourth-order valence-electron chi connectivity index (χ4n) is 5.01. The lowest BCUT2D eigenvalue weighted by atomic mass is 10.0. The fourth-order valence-corrected chi connectivity index (χ4v) is 7.77. The van der Waals surface area contributed by atoms with Crippen LogP contribution in [0, 0.1) is 0 Å². The topological polar surface area (TPSA) is 88.4 Å². The number of aliphatic hydroxyl groups is 3. The number of hydrogen-bond donors (Lipinski definition) is 3.